The van der Waals surface area contributed by atoms with Crippen molar-refractivity contribution in [2.45, 2.75) is 68.7 Å². The van der Waals surface area contributed by atoms with Crippen molar-refractivity contribution < 1.29 is 24.1 Å². The van der Waals surface area contributed by atoms with Crippen molar-refractivity contribution in [3.8, 4) is 0 Å². The number of epoxide rings is 3. The van der Waals surface area contributed by atoms with E-state index in [-0.39, 0.29) is 6.10 Å². The van der Waals surface area contributed by atoms with Crippen LogP contribution in [0.2, 0.25) is 0 Å². The van der Waals surface area contributed by atoms with E-state index in [1.807, 2.05) is 7.05 Å². The minimum absolute atomic E-state index is 0.322. The fourth-order valence-electron chi connectivity index (χ4n) is 4.24. The summed E-state index contributed by atoms with van der Waals surface area (Å²) in [4.78, 5) is 4.74. The van der Waals surface area contributed by atoms with Gasteiger partial charge in [-0.15, -0.1) is 0 Å². The Morgan fingerprint density at radius 2 is 1.48 bits per heavy atom. The number of rotatable bonds is 13. The SMILES string of the molecule is CN(CC(O)CCOC1CCC(N(CC2CO2)CC2CO2)CC1)CC1CO1. The van der Waals surface area contributed by atoms with E-state index < -0.39 is 0 Å². The van der Waals surface area contributed by atoms with E-state index in [2.05, 4.69) is 9.80 Å². The van der Waals surface area contributed by atoms with E-state index in [4.69, 9.17) is 18.9 Å². The summed E-state index contributed by atoms with van der Waals surface area (Å²) in [7, 11) is 2.04. The molecule has 1 saturated carbocycles. The Morgan fingerprint density at radius 1 is 0.926 bits per heavy atom. The molecule has 3 aliphatic heterocycles. The first-order valence-corrected chi connectivity index (χ1v) is 10.7. The van der Waals surface area contributed by atoms with Crippen molar-refractivity contribution in [2.75, 3.05) is 59.7 Å². The minimum Gasteiger partial charge on any atom is -0.392 e. The molecule has 7 nitrogen and oxygen atoms in total. The molecule has 0 bridgehead atoms. The van der Waals surface area contributed by atoms with Crippen LogP contribution in [0, 0.1) is 0 Å². The largest absolute Gasteiger partial charge is 0.392 e. The summed E-state index contributed by atoms with van der Waals surface area (Å²) in [5.74, 6) is 0. The van der Waals surface area contributed by atoms with Gasteiger partial charge in [0.05, 0.1) is 50.3 Å². The fourth-order valence-corrected chi connectivity index (χ4v) is 4.24. The second-order valence-electron chi connectivity index (χ2n) is 8.78. The van der Waals surface area contributed by atoms with E-state index in [1.165, 1.54) is 12.8 Å². The van der Waals surface area contributed by atoms with Gasteiger partial charge in [-0.05, 0) is 39.2 Å². The Kier molecular flexibility index (Phi) is 7.03. The molecule has 1 N–H and O–H groups in total. The Bertz CT molecular complexity index is 434. The van der Waals surface area contributed by atoms with Crippen LogP contribution in [0.1, 0.15) is 32.1 Å². The van der Waals surface area contributed by atoms with Gasteiger partial charge in [0, 0.05) is 38.8 Å². The molecule has 7 heteroatoms. The van der Waals surface area contributed by atoms with Crippen molar-refractivity contribution in [2.24, 2.45) is 0 Å². The molecule has 4 aliphatic rings. The maximum absolute atomic E-state index is 10.2. The lowest BCUT2D eigenvalue weighted by molar-refractivity contribution is -0.0109. The smallest absolute Gasteiger partial charge is 0.0936 e. The molecule has 0 spiro atoms. The normalized spacial score (nSPS) is 36.2. The second kappa shape index (κ2) is 9.48. The number of hydrogen-bond donors (Lipinski definition) is 1. The molecular weight excluding hydrogens is 348 g/mol. The molecule has 4 rings (SSSR count). The predicted molar refractivity (Wildman–Crippen MR) is 101 cm³/mol. The van der Waals surface area contributed by atoms with Crippen LogP contribution in [0.4, 0.5) is 0 Å². The maximum atomic E-state index is 10.2. The van der Waals surface area contributed by atoms with Crippen LogP contribution in [0.15, 0.2) is 0 Å². The Labute approximate surface area is 162 Å². The number of hydrogen-bond acceptors (Lipinski definition) is 7. The lowest BCUT2D eigenvalue weighted by atomic mass is 9.91. The van der Waals surface area contributed by atoms with Crippen LogP contribution in [-0.2, 0) is 18.9 Å². The molecule has 3 heterocycles. The lowest BCUT2D eigenvalue weighted by Crippen LogP contribution is -2.43. The van der Waals surface area contributed by atoms with Crippen molar-refractivity contribution in [1.29, 1.82) is 0 Å². The fraction of sp³-hybridized carbons (Fsp3) is 1.00. The monoisotopic (exact) mass is 384 g/mol. The zero-order chi connectivity index (χ0) is 18.6. The van der Waals surface area contributed by atoms with Crippen LogP contribution in [0.5, 0.6) is 0 Å². The topological polar surface area (TPSA) is 73.5 Å². The molecule has 4 fully saturated rings. The molecule has 4 atom stereocenters. The maximum Gasteiger partial charge on any atom is 0.0936 e. The van der Waals surface area contributed by atoms with Crippen LogP contribution < -0.4 is 0 Å². The summed E-state index contributed by atoms with van der Waals surface area (Å²) in [6.07, 6.45) is 6.63. The molecule has 0 aromatic heterocycles. The Hall–Kier alpha value is -0.280. The van der Waals surface area contributed by atoms with Gasteiger partial charge in [0.2, 0.25) is 0 Å². The highest BCUT2D eigenvalue weighted by atomic mass is 16.6. The molecule has 3 saturated heterocycles. The van der Waals surface area contributed by atoms with Crippen LogP contribution in [0.25, 0.3) is 0 Å². The molecule has 0 radical (unpaired) electrons. The average Bonchev–Trinajstić information content (AvgIpc) is 3.48. The summed E-state index contributed by atoms with van der Waals surface area (Å²) < 4.78 is 22.2. The van der Waals surface area contributed by atoms with E-state index in [9.17, 15) is 5.11 Å². The third-order valence-corrected chi connectivity index (χ3v) is 6.09. The van der Waals surface area contributed by atoms with Gasteiger partial charge in [0.1, 0.15) is 0 Å². The number of nitrogens with zero attached hydrogens (tertiary/aromatic N) is 2. The quantitative estimate of drug-likeness (QED) is 0.464. The zero-order valence-electron chi connectivity index (χ0n) is 16.6. The third kappa shape index (κ3) is 7.24. The van der Waals surface area contributed by atoms with E-state index in [0.29, 0.717) is 50.0 Å². The molecule has 0 aromatic carbocycles. The van der Waals surface area contributed by atoms with Gasteiger partial charge in [-0.25, -0.2) is 0 Å². The van der Waals surface area contributed by atoms with Gasteiger partial charge >= 0.3 is 0 Å². The molecule has 0 amide bonds. The summed E-state index contributed by atoms with van der Waals surface area (Å²) in [6, 6.07) is 0.641. The first-order valence-electron chi connectivity index (χ1n) is 10.7. The summed E-state index contributed by atoms with van der Waals surface area (Å²) in [5.41, 5.74) is 0. The van der Waals surface area contributed by atoms with Crippen molar-refractivity contribution >= 4 is 0 Å². The lowest BCUT2D eigenvalue weighted by Gasteiger charge is -2.36. The van der Waals surface area contributed by atoms with E-state index in [1.54, 1.807) is 0 Å². The first kappa shape index (κ1) is 20.0. The van der Waals surface area contributed by atoms with Gasteiger partial charge < -0.3 is 29.0 Å². The molecule has 27 heavy (non-hydrogen) atoms. The van der Waals surface area contributed by atoms with Crippen molar-refractivity contribution in [3.05, 3.63) is 0 Å². The predicted octanol–water partition coefficient (Wildman–Crippen LogP) is 0.495. The van der Waals surface area contributed by atoms with Crippen LogP contribution in [0.3, 0.4) is 0 Å². The van der Waals surface area contributed by atoms with Gasteiger partial charge in [-0.3, -0.25) is 4.90 Å². The molecule has 1 aliphatic carbocycles. The van der Waals surface area contributed by atoms with Gasteiger partial charge in [0.25, 0.3) is 0 Å². The van der Waals surface area contributed by atoms with Gasteiger partial charge in [-0.1, -0.05) is 0 Å². The zero-order valence-corrected chi connectivity index (χ0v) is 16.6. The summed E-state index contributed by atoms with van der Waals surface area (Å²) in [6.45, 7) is 7.08. The number of ether oxygens (including phenoxy) is 4. The highest BCUT2D eigenvalue weighted by Crippen LogP contribution is 2.28. The highest BCUT2D eigenvalue weighted by molar-refractivity contribution is 4.87. The average molecular weight is 385 g/mol. The first-order chi connectivity index (χ1) is 13.2. The second-order valence-corrected chi connectivity index (χ2v) is 8.78. The van der Waals surface area contributed by atoms with Gasteiger partial charge in [-0.2, -0.15) is 0 Å². The Balaban J connectivity index is 1.08. The molecule has 4 unspecified atom stereocenters. The minimum atomic E-state index is -0.322. The van der Waals surface area contributed by atoms with Crippen LogP contribution >= 0.6 is 0 Å². The Morgan fingerprint density at radius 3 is 2.04 bits per heavy atom. The standard InChI is InChI=1S/C20H36N2O5/c1-21(9-18-12-25-18)8-16(23)6-7-24-17-4-2-15(3-5-17)22(10-19-13-26-19)11-20-14-27-20/h15-20,23H,2-14H2,1H3. The number of likely N-dealkylation sites (N-methyl/N-ethyl adjacent to an activating group) is 1. The third-order valence-electron chi connectivity index (χ3n) is 6.09. The summed E-state index contributed by atoms with van der Waals surface area (Å²) >= 11 is 0. The van der Waals surface area contributed by atoms with Crippen LogP contribution in [-0.4, -0.2) is 111 Å². The van der Waals surface area contributed by atoms with E-state index in [0.717, 1.165) is 52.3 Å². The van der Waals surface area contributed by atoms with E-state index >= 15 is 0 Å². The molecule has 156 valence electrons. The van der Waals surface area contributed by atoms with Crippen molar-refractivity contribution in [3.63, 3.8) is 0 Å². The highest BCUT2D eigenvalue weighted by Gasteiger charge is 2.35. The summed E-state index contributed by atoms with van der Waals surface area (Å²) in [5, 5.41) is 10.2. The van der Waals surface area contributed by atoms with Gasteiger partial charge in [0.15, 0.2) is 0 Å². The molecular formula is C20H36N2O5. The number of aliphatic hydroxyl groups is 1. The van der Waals surface area contributed by atoms with Crippen molar-refractivity contribution in [1.82, 2.24) is 9.80 Å². The molecule has 0 aromatic rings. The number of aliphatic hydroxyl groups excluding tert-OH is 1.